The summed E-state index contributed by atoms with van der Waals surface area (Å²) < 4.78 is 0. The van der Waals surface area contributed by atoms with Crippen LogP contribution in [0.25, 0.3) is 0 Å². The molecule has 0 saturated carbocycles. The first-order valence-electron chi connectivity index (χ1n) is 12.3. The highest BCUT2D eigenvalue weighted by Gasteiger charge is 2.38. The Bertz CT molecular complexity index is 1070. The van der Waals surface area contributed by atoms with Gasteiger partial charge in [-0.2, -0.15) is 0 Å². The highest BCUT2D eigenvalue weighted by Crippen LogP contribution is 2.35. The van der Waals surface area contributed by atoms with Crippen LogP contribution in [0.5, 0.6) is 0 Å². The Hall–Kier alpha value is -3.03. The van der Waals surface area contributed by atoms with Gasteiger partial charge in [0.05, 0.1) is 0 Å². The van der Waals surface area contributed by atoms with Crippen LogP contribution < -0.4 is 5.32 Å². The van der Waals surface area contributed by atoms with E-state index in [2.05, 4.69) is 59.3 Å². The van der Waals surface area contributed by atoms with Crippen LogP contribution in [0.4, 0.5) is 10.5 Å². The number of amides is 2. The molecule has 0 spiro atoms. The average Bonchev–Trinajstić information content (AvgIpc) is 3.44. The monoisotopic (exact) mass is 439 g/mol. The Balaban J connectivity index is 1.27. The maximum Gasteiger partial charge on any atom is 0.321 e. The number of carbonyl (C=O) groups is 1. The Kier molecular flexibility index (Phi) is 6.51. The molecule has 2 fully saturated rings. The number of nitrogens with zero attached hydrogens (tertiary/aromatic N) is 2. The van der Waals surface area contributed by atoms with E-state index in [0.29, 0.717) is 12.0 Å². The maximum atomic E-state index is 13.0. The second-order valence-corrected chi connectivity index (χ2v) is 9.59. The third kappa shape index (κ3) is 5.15. The van der Waals surface area contributed by atoms with E-state index in [1.54, 1.807) is 0 Å². The molecule has 0 bridgehead atoms. The Morgan fingerprint density at radius 2 is 1.79 bits per heavy atom. The Labute approximate surface area is 197 Å². The van der Waals surface area contributed by atoms with Crippen molar-refractivity contribution >= 4 is 11.7 Å². The molecule has 2 aromatic carbocycles. The summed E-state index contributed by atoms with van der Waals surface area (Å²) in [4.78, 5) is 17.6. The summed E-state index contributed by atoms with van der Waals surface area (Å²) in [6.45, 7) is 5.81. The van der Waals surface area contributed by atoms with Crippen molar-refractivity contribution in [3.05, 3.63) is 76.9 Å². The molecule has 2 amide bonds. The normalized spacial score (nSPS) is 22.7. The van der Waals surface area contributed by atoms with Gasteiger partial charge >= 0.3 is 6.03 Å². The summed E-state index contributed by atoms with van der Waals surface area (Å²) in [6, 6.07) is 17.2. The third-order valence-corrected chi connectivity index (χ3v) is 7.28. The molecule has 170 valence electrons. The standard InChI is InChI=1S/C29H33N3O/c1-22-7-15-26(16-8-22)30-29(33)32-19-4-18-31-20-17-27(28(31)21-32)25-13-11-24(12-14-25)10-9-23-5-2-3-6-23/h5,7-8,11-16,27-28H,2-4,6,17-21H2,1H3,(H,30,33)/t27-,28+/m1/s1. The van der Waals surface area contributed by atoms with Gasteiger partial charge in [0.15, 0.2) is 0 Å². The SMILES string of the molecule is Cc1ccc(NC(=O)N2CCCN3CC[C@H](c4ccc(C#CC5=CCCC5)cc4)[C@@H]3C2)cc1. The molecule has 0 radical (unpaired) electrons. The van der Waals surface area contributed by atoms with Crippen molar-refractivity contribution in [2.45, 2.75) is 51.0 Å². The highest BCUT2D eigenvalue weighted by atomic mass is 16.2. The van der Waals surface area contributed by atoms with Gasteiger partial charge < -0.3 is 10.2 Å². The summed E-state index contributed by atoms with van der Waals surface area (Å²) in [7, 11) is 0. The minimum atomic E-state index is 0.0122. The Morgan fingerprint density at radius 1 is 0.970 bits per heavy atom. The first kappa shape index (κ1) is 21.8. The zero-order valence-corrected chi connectivity index (χ0v) is 19.5. The van der Waals surface area contributed by atoms with Gasteiger partial charge in [0, 0.05) is 42.8 Å². The molecule has 2 saturated heterocycles. The van der Waals surface area contributed by atoms with E-state index in [-0.39, 0.29) is 6.03 Å². The van der Waals surface area contributed by atoms with Crippen molar-refractivity contribution in [3.63, 3.8) is 0 Å². The second-order valence-electron chi connectivity index (χ2n) is 9.59. The largest absolute Gasteiger partial charge is 0.323 e. The number of hydrogen-bond donors (Lipinski definition) is 1. The highest BCUT2D eigenvalue weighted by molar-refractivity contribution is 5.89. The van der Waals surface area contributed by atoms with Gasteiger partial charge in [0.1, 0.15) is 0 Å². The fourth-order valence-electron chi connectivity index (χ4n) is 5.38. The second kappa shape index (κ2) is 9.85. The lowest BCUT2D eigenvalue weighted by Gasteiger charge is -2.30. The predicted molar refractivity (Wildman–Crippen MR) is 134 cm³/mol. The number of allylic oxidation sites excluding steroid dienone is 2. The van der Waals surface area contributed by atoms with Crippen LogP contribution >= 0.6 is 0 Å². The van der Waals surface area contributed by atoms with Gasteiger partial charge in [-0.15, -0.1) is 0 Å². The molecule has 1 N–H and O–H groups in total. The molecule has 2 aromatic rings. The molecule has 2 heterocycles. The lowest BCUT2D eigenvalue weighted by atomic mass is 9.91. The van der Waals surface area contributed by atoms with Gasteiger partial charge in [-0.1, -0.05) is 47.7 Å². The van der Waals surface area contributed by atoms with E-state index in [9.17, 15) is 4.79 Å². The lowest BCUT2D eigenvalue weighted by molar-refractivity contribution is 0.197. The Morgan fingerprint density at radius 3 is 2.55 bits per heavy atom. The van der Waals surface area contributed by atoms with Gasteiger partial charge in [0.2, 0.25) is 0 Å². The summed E-state index contributed by atoms with van der Waals surface area (Å²) in [6.07, 6.45) is 7.97. The molecule has 4 heteroatoms. The van der Waals surface area contributed by atoms with Crippen LogP contribution in [-0.2, 0) is 0 Å². The topological polar surface area (TPSA) is 35.6 Å². The summed E-state index contributed by atoms with van der Waals surface area (Å²) in [5.41, 5.74) is 5.79. The van der Waals surface area contributed by atoms with Crippen LogP contribution in [0.2, 0.25) is 0 Å². The van der Waals surface area contributed by atoms with Crippen molar-refractivity contribution in [2.24, 2.45) is 0 Å². The third-order valence-electron chi connectivity index (χ3n) is 7.28. The molecule has 4 nitrogen and oxygen atoms in total. The van der Waals surface area contributed by atoms with Crippen LogP contribution in [0, 0.1) is 18.8 Å². The number of nitrogens with one attached hydrogen (secondary N) is 1. The number of carbonyl (C=O) groups excluding carboxylic acids is 1. The average molecular weight is 440 g/mol. The van der Waals surface area contributed by atoms with Crippen LogP contribution in [0.15, 0.2) is 60.2 Å². The van der Waals surface area contributed by atoms with Crippen molar-refractivity contribution < 1.29 is 4.79 Å². The molecule has 0 aromatic heterocycles. The zero-order valence-electron chi connectivity index (χ0n) is 19.5. The van der Waals surface area contributed by atoms with Gasteiger partial charge in [-0.25, -0.2) is 4.79 Å². The molecule has 3 aliphatic rings. The smallest absolute Gasteiger partial charge is 0.321 e. The van der Waals surface area contributed by atoms with Crippen LogP contribution in [0.3, 0.4) is 0 Å². The number of hydrogen-bond acceptors (Lipinski definition) is 2. The van der Waals surface area contributed by atoms with Crippen molar-refractivity contribution in [3.8, 4) is 11.8 Å². The van der Waals surface area contributed by atoms with Crippen molar-refractivity contribution in [2.75, 3.05) is 31.5 Å². The van der Waals surface area contributed by atoms with Gasteiger partial charge in [-0.3, -0.25) is 4.90 Å². The van der Waals surface area contributed by atoms with E-state index >= 15 is 0 Å². The van der Waals surface area contributed by atoms with Gasteiger partial charge in [-0.05, 0) is 81.0 Å². The van der Waals surface area contributed by atoms with Crippen molar-refractivity contribution in [1.29, 1.82) is 0 Å². The molecule has 33 heavy (non-hydrogen) atoms. The predicted octanol–water partition coefficient (Wildman–Crippen LogP) is 5.55. The first-order chi connectivity index (χ1) is 16.2. The first-order valence-corrected chi connectivity index (χ1v) is 12.3. The number of rotatable bonds is 2. The lowest BCUT2D eigenvalue weighted by Crippen LogP contribution is -2.43. The number of aryl methyl sites for hydroxylation is 1. The molecular weight excluding hydrogens is 406 g/mol. The number of fused-ring (bicyclic) bond motifs is 1. The van der Waals surface area contributed by atoms with Crippen LogP contribution in [0.1, 0.15) is 54.7 Å². The summed E-state index contributed by atoms with van der Waals surface area (Å²) in [5.74, 6) is 7.12. The fraction of sp³-hybridized carbons (Fsp3) is 0.414. The van der Waals surface area contributed by atoms with E-state index in [4.69, 9.17) is 0 Å². The van der Waals surface area contributed by atoms with E-state index in [1.807, 2.05) is 29.2 Å². The number of anilines is 1. The zero-order chi connectivity index (χ0) is 22.6. The molecule has 1 aliphatic carbocycles. The minimum Gasteiger partial charge on any atom is -0.323 e. The summed E-state index contributed by atoms with van der Waals surface area (Å²) in [5, 5.41) is 3.09. The van der Waals surface area contributed by atoms with Gasteiger partial charge in [0.25, 0.3) is 0 Å². The van der Waals surface area contributed by atoms with E-state index < -0.39 is 0 Å². The molecule has 5 rings (SSSR count). The number of benzene rings is 2. The van der Waals surface area contributed by atoms with E-state index in [0.717, 1.165) is 56.7 Å². The maximum absolute atomic E-state index is 13.0. The molecule has 0 unspecified atom stereocenters. The van der Waals surface area contributed by atoms with Crippen LogP contribution in [-0.4, -0.2) is 48.1 Å². The minimum absolute atomic E-state index is 0.0122. The molecular formula is C29H33N3O. The summed E-state index contributed by atoms with van der Waals surface area (Å²) >= 11 is 0. The quantitative estimate of drug-likeness (QED) is 0.623. The van der Waals surface area contributed by atoms with E-state index in [1.165, 1.54) is 29.5 Å². The fourth-order valence-corrected chi connectivity index (χ4v) is 5.38. The molecule has 2 aliphatic heterocycles. The number of urea groups is 1. The molecule has 2 atom stereocenters. The van der Waals surface area contributed by atoms with Crippen molar-refractivity contribution in [1.82, 2.24) is 9.80 Å².